The summed E-state index contributed by atoms with van der Waals surface area (Å²) in [6.45, 7) is 0. The summed E-state index contributed by atoms with van der Waals surface area (Å²) >= 11 is 9.66. The molecule has 4 rings (SSSR count). The molecule has 1 aliphatic rings. The van der Waals surface area contributed by atoms with Crippen molar-refractivity contribution in [3.63, 3.8) is 0 Å². The minimum atomic E-state index is -0.544. The topological polar surface area (TPSA) is 120 Å². The number of thiocarbonyl (C=S) groups is 1. The molecule has 0 bridgehead atoms. The summed E-state index contributed by atoms with van der Waals surface area (Å²) < 4.78 is 6.53. The smallest absolute Gasteiger partial charge is 0.271 e. The van der Waals surface area contributed by atoms with Gasteiger partial charge in [-0.3, -0.25) is 29.9 Å². The van der Waals surface area contributed by atoms with Gasteiger partial charge in [0.1, 0.15) is 11.5 Å². The third-order valence-electron chi connectivity index (χ3n) is 4.42. The van der Waals surface area contributed by atoms with E-state index in [4.69, 9.17) is 16.6 Å². The van der Waals surface area contributed by atoms with E-state index in [2.05, 4.69) is 15.9 Å². The zero-order valence-electron chi connectivity index (χ0n) is 15.8. The molecule has 1 amide bonds. The van der Waals surface area contributed by atoms with Crippen molar-refractivity contribution >= 4 is 73.3 Å². The molecule has 32 heavy (non-hydrogen) atoms. The molecule has 0 spiro atoms. The predicted molar refractivity (Wildman–Crippen MR) is 127 cm³/mol. The highest BCUT2D eigenvalue weighted by molar-refractivity contribution is 9.10. The zero-order valence-corrected chi connectivity index (χ0v) is 19.0. The van der Waals surface area contributed by atoms with Crippen LogP contribution < -0.4 is 4.90 Å². The molecule has 3 aromatic rings. The van der Waals surface area contributed by atoms with Crippen molar-refractivity contribution in [2.24, 2.45) is 0 Å². The molecular weight excluding hydrogens is 522 g/mol. The Morgan fingerprint density at radius 2 is 1.75 bits per heavy atom. The Labute approximate surface area is 198 Å². The summed E-state index contributed by atoms with van der Waals surface area (Å²) in [5.74, 6) is 0.409. The molecule has 0 saturated carbocycles. The maximum Gasteiger partial charge on any atom is 0.271 e. The van der Waals surface area contributed by atoms with Crippen molar-refractivity contribution < 1.29 is 19.1 Å². The number of amides is 1. The summed E-state index contributed by atoms with van der Waals surface area (Å²) in [7, 11) is 0. The standard InChI is InChI=1S/C20H10BrN3O6S2/c21-16-9-13(24(28)29)4-6-15(16)17-7-5-14(30-17)10-18-19(25)22(20(31)32-18)11-2-1-3-12(8-11)23(26)27/h1-10H/b18-10-. The molecule has 0 aliphatic carbocycles. The van der Waals surface area contributed by atoms with Crippen LogP contribution in [0.2, 0.25) is 0 Å². The normalized spacial score (nSPS) is 14.9. The van der Waals surface area contributed by atoms with Crippen LogP contribution in [0.15, 0.2) is 68.4 Å². The first-order chi connectivity index (χ1) is 15.2. The average Bonchev–Trinajstić information content (AvgIpc) is 3.32. The Hall–Kier alpha value is -3.35. The highest BCUT2D eigenvalue weighted by Gasteiger charge is 2.34. The van der Waals surface area contributed by atoms with Crippen molar-refractivity contribution in [1.82, 2.24) is 0 Å². The fourth-order valence-corrected chi connectivity index (χ4v) is 4.80. The van der Waals surface area contributed by atoms with E-state index in [1.807, 2.05) is 0 Å². The minimum Gasteiger partial charge on any atom is -0.457 e. The summed E-state index contributed by atoms with van der Waals surface area (Å²) in [6, 6.07) is 13.3. The number of rotatable bonds is 5. The third-order valence-corrected chi connectivity index (χ3v) is 6.38. The van der Waals surface area contributed by atoms with Gasteiger partial charge in [0, 0.05) is 40.4 Å². The highest BCUT2D eigenvalue weighted by Crippen LogP contribution is 2.38. The van der Waals surface area contributed by atoms with Crippen LogP contribution in [0.4, 0.5) is 17.1 Å². The Morgan fingerprint density at radius 1 is 1.03 bits per heavy atom. The van der Waals surface area contributed by atoms with Gasteiger partial charge < -0.3 is 4.42 Å². The average molecular weight is 532 g/mol. The second kappa shape index (κ2) is 8.65. The van der Waals surface area contributed by atoms with Crippen LogP contribution in [0.5, 0.6) is 0 Å². The molecular formula is C20H10BrN3O6S2. The number of nitro groups is 2. The molecule has 9 nitrogen and oxygen atoms in total. The molecule has 2 heterocycles. The van der Waals surface area contributed by atoms with Gasteiger partial charge in [-0.1, -0.05) is 30.0 Å². The molecule has 0 atom stereocenters. The Kier molecular flexibility index (Phi) is 5.91. The van der Waals surface area contributed by atoms with Crippen molar-refractivity contribution in [3.8, 4) is 11.3 Å². The third kappa shape index (κ3) is 4.20. The second-order valence-corrected chi connectivity index (χ2v) is 8.95. The van der Waals surface area contributed by atoms with Gasteiger partial charge >= 0.3 is 0 Å². The van der Waals surface area contributed by atoms with Crippen molar-refractivity contribution in [2.45, 2.75) is 0 Å². The number of non-ortho nitro benzene ring substituents is 2. The van der Waals surface area contributed by atoms with Crippen LogP contribution in [-0.4, -0.2) is 20.1 Å². The lowest BCUT2D eigenvalue weighted by molar-refractivity contribution is -0.385. The fourth-order valence-electron chi connectivity index (χ4n) is 2.96. The molecule has 1 fully saturated rings. The quantitative estimate of drug-likeness (QED) is 0.172. The highest BCUT2D eigenvalue weighted by atomic mass is 79.9. The number of carbonyl (C=O) groups excluding carboxylic acids is 1. The number of benzene rings is 2. The van der Waals surface area contributed by atoms with Crippen molar-refractivity contribution in [1.29, 1.82) is 0 Å². The first-order valence-electron chi connectivity index (χ1n) is 8.81. The van der Waals surface area contributed by atoms with Crippen LogP contribution in [0.1, 0.15) is 5.76 Å². The monoisotopic (exact) mass is 531 g/mol. The number of hydrogen-bond acceptors (Lipinski definition) is 8. The van der Waals surface area contributed by atoms with E-state index >= 15 is 0 Å². The minimum absolute atomic E-state index is 0.0581. The molecule has 1 aliphatic heterocycles. The van der Waals surface area contributed by atoms with Crippen molar-refractivity contribution in [2.75, 3.05) is 4.90 Å². The fraction of sp³-hybridized carbons (Fsp3) is 0. The van der Waals surface area contributed by atoms with E-state index in [1.165, 1.54) is 41.3 Å². The first kappa shape index (κ1) is 21.9. The molecule has 2 aromatic carbocycles. The number of thioether (sulfide) groups is 1. The van der Waals surface area contributed by atoms with E-state index in [9.17, 15) is 25.0 Å². The van der Waals surface area contributed by atoms with Gasteiger partial charge in [-0.05, 0) is 40.2 Å². The lowest BCUT2D eigenvalue weighted by Gasteiger charge is -2.13. The molecule has 1 saturated heterocycles. The Morgan fingerprint density at radius 3 is 2.44 bits per heavy atom. The predicted octanol–water partition coefficient (Wildman–Crippen LogP) is 5.93. The lowest BCUT2D eigenvalue weighted by Crippen LogP contribution is -2.27. The van der Waals surface area contributed by atoms with Crippen LogP contribution in [-0.2, 0) is 4.79 Å². The van der Waals surface area contributed by atoms with Gasteiger partial charge in [0.05, 0.1) is 20.4 Å². The number of carbonyl (C=O) groups is 1. The summed E-state index contributed by atoms with van der Waals surface area (Å²) in [6.07, 6.45) is 1.53. The van der Waals surface area contributed by atoms with Gasteiger partial charge in [-0.15, -0.1) is 0 Å². The lowest BCUT2D eigenvalue weighted by atomic mass is 10.1. The Bertz CT molecular complexity index is 1340. The molecule has 12 heteroatoms. The number of nitro benzene ring substituents is 2. The second-order valence-electron chi connectivity index (χ2n) is 6.42. The van der Waals surface area contributed by atoms with Gasteiger partial charge in [0.25, 0.3) is 17.3 Å². The molecule has 0 N–H and O–H groups in total. The number of halogens is 1. The van der Waals surface area contributed by atoms with Gasteiger partial charge in [0.2, 0.25) is 0 Å². The van der Waals surface area contributed by atoms with Crippen molar-refractivity contribution in [3.05, 3.63) is 90.0 Å². The van der Waals surface area contributed by atoms with E-state index in [1.54, 1.807) is 24.3 Å². The molecule has 0 unspecified atom stereocenters. The summed E-state index contributed by atoms with van der Waals surface area (Å²) in [4.78, 5) is 35.3. The van der Waals surface area contributed by atoms with Crippen LogP contribution in [0, 0.1) is 20.2 Å². The molecule has 0 radical (unpaired) electrons. The van der Waals surface area contributed by atoms with Crippen LogP contribution in [0.25, 0.3) is 17.4 Å². The van der Waals surface area contributed by atoms with Gasteiger partial charge in [-0.2, -0.15) is 0 Å². The number of hydrogen-bond donors (Lipinski definition) is 0. The van der Waals surface area contributed by atoms with E-state index in [0.29, 0.717) is 32.1 Å². The Balaban J connectivity index is 1.61. The SMILES string of the molecule is O=C1/C(=C/c2ccc(-c3ccc([N+](=O)[O-])cc3Br)o2)SC(=S)N1c1cccc([N+](=O)[O-])c1. The maximum absolute atomic E-state index is 12.9. The van der Waals surface area contributed by atoms with Crippen LogP contribution >= 0.6 is 39.9 Å². The molecule has 160 valence electrons. The number of anilines is 1. The van der Waals surface area contributed by atoms with Crippen LogP contribution in [0.3, 0.4) is 0 Å². The first-order valence-corrected chi connectivity index (χ1v) is 10.8. The number of nitrogens with zero attached hydrogens (tertiary/aromatic N) is 3. The van der Waals surface area contributed by atoms with Gasteiger partial charge in [-0.25, -0.2) is 0 Å². The van der Waals surface area contributed by atoms with Gasteiger partial charge in [0.15, 0.2) is 4.32 Å². The summed E-state index contributed by atoms with van der Waals surface area (Å²) in [5.41, 5.74) is 0.710. The van der Waals surface area contributed by atoms with E-state index in [-0.39, 0.29) is 15.7 Å². The summed E-state index contributed by atoms with van der Waals surface area (Å²) in [5, 5.41) is 21.9. The number of furan rings is 1. The largest absolute Gasteiger partial charge is 0.457 e. The maximum atomic E-state index is 12.9. The van der Waals surface area contributed by atoms with E-state index < -0.39 is 15.8 Å². The zero-order chi connectivity index (χ0) is 23.0. The molecule has 1 aromatic heterocycles. The van der Waals surface area contributed by atoms with E-state index in [0.717, 1.165) is 11.8 Å².